The number of anilines is 1. The highest BCUT2D eigenvalue weighted by Gasteiger charge is 2.24. The highest BCUT2D eigenvalue weighted by atomic mass is 32.2. The van der Waals surface area contributed by atoms with Crippen LogP contribution in [0.25, 0.3) is 16.8 Å². The maximum absolute atomic E-state index is 12.5. The Labute approximate surface area is 211 Å². The lowest BCUT2D eigenvalue weighted by Gasteiger charge is -2.09. The van der Waals surface area contributed by atoms with Gasteiger partial charge >= 0.3 is 5.97 Å². The van der Waals surface area contributed by atoms with Crippen molar-refractivity contribution in [2.24, 2.45) is 0 Å². The van der Waals surface area contributed by atoms with Crippen LogP contribution in [0.15, 0.2) is 71.9 Å². The monoisotopic (exact) mass is 526 g/mol. The van der Waals surface area contributed by atoms with E-state index in [1.807, 2.05) is 6.07 Å². The van der Waals surface area contributed by atoms with E-state index in [9.17, 15) is 23.3 Å². The second-order valence-corrected chi connectivity index (χ2v) is 9.32. The molecular formula is C23H22N6O7S. The molecule has 14 heteroatoms. The number of carbonyl (C=O) groups is 1. The van der Waals surface area contributed by atoms with Crippen molar-refractivity contribution < 1.29 is 27.6 Å². The summed E-state index contributed by atoms with van der Waals surface area (Å²) in [4.78, 5) is 25.9. The second-order valence-electron chi connectivity index (χ2n) is 7.58. The van der Waals surface area contributed by atoms with Crippen molar-refractivity contribution >= 4 is 33.1 Å². The smallest absolute Gasteiger partial charge is 0.343 e. The Morgan fingerprint density at radius 3 is 2.73 bits per heavy atom. The second kappa shape index (κ2) is 11.0. The topological polar surface area (TPSA) is 167 Å². The summed E-state index contributed by atoms with van der Waals surface area (Å²) in [6.45, 7) is -0.0846. The van der Waals surface area contributed by atoms with Crippen LogP contribution in [0.1, 0.15) is 0 Å². The summed E-state index contributed by atoms with van der Waals surface area (Å²) in [6.07, 6.45) is 3.34. The van der Waals surface area contributed by atoms with Gasteiger partial charge in [-0.2, -0.15) is 5.10 Å². The molecule has 0 bridgehead atoms. The number of nitrogens with one attached hydrogen (secondary N) is 2. The number of ether oxygens (including phenoxy) is 2. The Morgan fingerprint density at radius 1 is 1.14 bits per heavy atom. The van der Waals surface area contributed by atoms with Crippen molar-refractivity contribution in [2.75, 3.05) is 32.1 Å². The van der Waals surface area contributed by atoms with E-state index < -0.39 is 31.5 Å². The molecule has 192 valence electrons. The van der Waals surface area contributed by atoms with Gasteiger partial charge in [0.05, 0.1) is 18.2 Å². The van der Waals surface area contributed by atoms with Gasteiger partial charge in [0.25, 0.3) is 5.69 Å². The van der Waals surface area contributed by atoms with Gasteiger partial charge < -0.3 is 14.8 Å². The molecule has 0 atom stereocenters. The number of hydrogen-bond acceptors (Lipinski definition) is 10. The first kappa shape index (κ1) is 25.5. The van der Waals surface area contributed by atoms with Crippen LogP contribution >= 0.6 is 0 Å². The third-order valence-corrected chi connectivity index (χ3v) is 6.68. The predicted octanol–water partition coefficient (Wildman–Crippen LogP) is 2.25. The zero-order valence-electron chi connectivity index (χ0n) is 19.5. The van der Waals surface area contributed by atoms with Crippen molar-refractivity contribution in [3.63, 3.8) is 0 Å². The average molecular weight is 527 g/mol. The number of nitrogens with zero attached hydrogens (tertiary/aromatic N) is 4. The lowest BCUT2D eigenvalue weighted by Crippen LogP contribution is -2.29. The summed E-state index contributed by atoms with van der Waals surface area (Å²) in [5, 5.41) is 18.5. The molecule has 0 spiro atoms. The number of methoxy groups -OCH3 is 1. The Hall–Kier alpha value is -4.56. The maximum Gasteiger partial charge on any atom is 0.343 e. The van der Waals surface area contributed by atoms with Gasteiger partial charge in [0.1, 0.15) is 11.6 Å². The van der Waals surface area contributed by atoms with Crippen LogP contribution in [0.5, 0.6) is 5.75 Å². The minimum absolute atomic E-state index is 0.0348. The van der Waals surface area contributed by atoms with Crippen LogP contribution in [0.2, 0.25) is 0 Å². The van der Waals surface area contributed by atoms with E-state index >= 15 is 0 Å². The number of para-hydroxylation sites is 1. The van der Waals surface area contributed by atoms with Crippen LogP contribution in [0.3, 0.4) is 0 Å². The minimum atomic E-state index is -4.08. The largest absolute Gasteiger partial charge is 0.482 e. The Kier molecular flexibility index (Phi) is 7.60. The number of nitro groups is 1. The summed E-state index contributed by atoms with van der Waals surface area (Å²) in [5.74, 6) is 0.447. The van der Waals surface area contributed by atoms with Gasteiger partial charge in [-0.25, -0.2) is 27.4 Å². The molecule has 2 aromatic carbocycles. The van der Waals surface area contributed by atoms with Gasteiger partial charge in [-0.15, -0.1) is 0 Å². The number of sulfonamides is 1. The summed E-state index contributed by atoms with van der Waals surface area (Å²) in [5.41, 5.74) is 1.52. The molecule has 0 radical (unpaired) electrons. The first-order chi connectivity index (χ1) is 17.8. The molecule has 0 aliphatic heterocycles. The fraction of sp³-hybridized carbons (Fsp3) is 0.174. The Morgan fingerprint density at radius 2 is 1.95 bits per heavy atom. The molecule has 0 amide bonds. The van der Waals surface area contributed by atoms with E-state index in [2.05, 4.69) is 24.9 Å². The van der Waals surface area contributed by atoms with Crippen molar-refractivity contribution in [1.82, 2.24) is 19.3 Å². The van der Waals surface area contributed by atoms with Crippen LogP contribution in [-0.2, 0) is 19.6 Å². The van der Waals surface area contributed by atoms with Crippen LogP contribution in [0, 0.1) is 10.1 Å². The normalized spacial score (nSPS) is 11.3. The first-order valence-electron chi connectivity index (χ1n) is 10.9. The molecule has 0 unspecified atom stereocenters. The minimum Gasteiger partial charge on any atom is -0.482 e. The molecule has 0 aliphatic rings. The number of fused-ring (bicyclic) bond motifs is 1. The molecular weight excluding hydrogens is 504 g/mol. The van der Waals surface area contributed by atoms with E-state index in [0.717, 1.165) is 11.6 Å². The zero-order chi connectivity index (χ0) is 26.4. The summed E-state index contributed by atoms with van der Waals surface area (Å²) < 4.78 is 39.0. The third-order valence-electron chi connectivity index (χ3n) is 5.17. The van der Waals surface area contributed by atoms with Crippen molar-refractivity contribution in [3.8, 4) is 16.9 Å². The highest BCUT2D eigenvalue weighted by molar-refractivity contribution is 7.89. The number of nitro benzene ring substituents is 1. The fourth-order valence-electron chi connectivity index (χ4n) is 3.41. The fourth-order valence-corrected chi connectivity index (χ4v) is 4.62. The molecule has 13 nitrogen and oxygen atoms in total. The van der Waals surface area contributed by atoms with Gasteiger partial charge in [-0.3, -0.25) is 10.1 Å². The van der Waals surface area contributed by atoms with Crippen LogP contribution < -0.4 is 14.8 Å². The number of benzene rings is 2. The van der Waals surface area contributed by atoms with Crippen molar-refractivity contribution in [3.05, 3.63) is 77.1 Å². The lowest BCUT2D eigenvalue weighted by molar-refractivity contribution is -0.387. The van der Waals surface area contributed by atoms with E-state index in [4.69, 9.17) is 4.74 Å². The predicted molar refractivity (Wildman–Crippen MR) is 133 cm³/mol. The molecule has 0 saturated heterocycles. The average Bonchev–Trinajstić information content (AvgIpc) is 3.33. The molecule has 37 heavy (non-hydrogen) atoms. The molecule has 2 aromatic heterocycles. The molecule has 4 rings (SSSR count). The summed E-state index contributed by atoms with van der Waals surface area (Å²) >= 11 is 0. The summed E-state index contributed by atoms with van der Waals surface area (Å²) in [6, 6.07) is 13.9. The quantitative estimate of drug-likeness (QED) is 0.128. The Bertz CT molecular complexity index is 1550. The van der Waals surface area contributed by atoms with Gasteiger partial charge in [0.2, 0.25) is 10.0 Å². The molecule has 0 saturated carbocycles. The van der Waals surface area contributed by atoms with Crippen molar-refractivity contribution in [1.29, 1.82) is 0 Å². The van der Waals surface area contributed by atoms with Gasteiger partial charge in [-0.1, -0.05) is 24.3 Å². The van der Waals surface area contributed by atoms with E-state index in [0.29, 0.717) is 22.8 Å². The zero-order valence-corrected chi connectivity index (χ0v) is 20.3. The molecule has 2 N–H and O–H groups in total. The number of hydrogen-bond donors (Lipinski definition) is 2. The third kappa shape index (κ3) is 5.99. The van der Waals surface area contributed by atoms with E-state index in [1.54, 1.807) is 41.2 Å². The molecule has 0 aliphatic carbocycles. The summed E-state index contributed by atoms with van der Waals surface area (Å²) in [7, 11) is -2.80. The van der Waals surface area contributed by atoms with Crippen LogP contribution in [0.4, 0.5) is 11.5 Å². The van der Waals surface area contributed by atoms with Gasteiger partial charge in [0.15, 0.2) is 17.1 Å². The molecule has 0 fully saturated rings. The lowest BCUT2D eigenvalue weighted by atomic mass is 10.1. The number of carbonyl (C=O) groups excluding carboxylic acids is 1. The van der Waals surface area contributed by atoms with Gasteiger partial charge in [-0.05, 0) is 29.8 Å². The van der Waals surface area contributed by atoms with Gasteiger partial charge in [0, 0.05) is 30.9 Å². The maximum atomic E-state index is 12.5. The number of aromatic nitrogens is 3. The SMILES string of the molecule is COC(=O)COc1cccc(-c2cnn3ccc(NCCNS(=O)(=O)c4ccccc4[N+](=O)[O-])nc23)c1. The molecule has 4 aromatic rings. The Balaban J connectivity index is 1.44. The highest BCUT2D eigenvalue weighted by Crippen LogP contribution is 2.27. The first-order valence-corrected chi connectivity index (χ1v) is 12.4. The standard InChI is InChI=1S/C23H22N6O7S/c1-35-22(30)15-36-17-6-4-5-16(13-17)18-14-25-28-12-9-21(27-23(18)28)24-10-11-26-37(33,34)20-8-3-2-7-19(20)29(31)32/h2-9,12-14,26H,10-11,15H2,1H3,(H,24,27). The van der Waals surface area contributed by atoms with E-state index in [1.165, 1.54) is 25.3 Å². The molecule has 2 heterocycles. The van der Waals surface area contributed by atoms with Crippen LogP contribution in [-0.4, -0.2) is 60.7 Å². The number of rotatable bonds is 11. The van der Waals surface area contributed by atoms with E-state index in [-0.39, 0.29) is 19.7 Å². The number of esters is 1. The van der Waals surface area contributed by atoms with Crippen molar-refractivity contribution in [2.45, 2.75) is 4.90 Å².